The zero-order valence-corrected chi connectivity index (χ0v) is 17.2. The Hall–Kier alpha value is 0.310. The highest BCUT2D eigenvalue weighted by Crippen LogP contribution is 2.85. The predicted octanol–water partition coefficient (Wildman–Crippen LogP) is 5.71. The van der Waals surface area contributed by atoms with Crippen LogP contribution in [0.5, 0.6) is 0 Å². The third-order valence-corrected chi connectivity index (χ3v) is 7.10. The highest BCUT2D eigenvalue weighted by molar-refractivity contribution is 7.81. The largest absolute Gasteiger partial charge is 0.390 e. The Morgan fingerprint density at radius 3 is 1.77 bits per heavy atom. The summed E-state index contributed by atoms with van der Waals surface area (Å²) >= 11 is 5.20. The molecule has 2 saturated carbocycles. The van der Waals surface area contributed by atoms with Crippen LogP contribution >= 0.6 is 12.6 Å². The van der Waals surface area contributed by atoms with Gasteiger partial charge in [0.2, 0.25) is 0 Å². The standard InChI is InChI=1S/C20H38OS/c1-15(2,3)11-16(4,5)20(13-18(8)10-14(18)20)19(9,22)12-17(6,7)21/h14,21-22H,10-13H2,1-9H3. The molecule has 0 aromatic heterocycles. The molecule has 4 atom stereocenters. The van der Waals surface area contributed by atoms with Crippen molar-refractivity contribution in [3.8, 4) is 0 Å². The molecule has 0 aromatic carbocycles. The molecule has 2 aliphatic carbocycles. The predicted molar refractivity (Wildman–Crippen MR) is 99.4 cm³/mol. The van der Waals surface area contributed by atoms with Gasteiger partial charge >= 0.3 is 0 Å². The molecule has 2 rings (SSSR count). The number of aliphatic hydroxyl groups is 1. The average molecular weight is 327 g/mol. The summed E-state index contributed by atoms with van der Waals surface area (Å²) < 4.78 is -0.138. The minimum Gasteiger partial charge on any atom is -0.390 e. The van der Waals surface area contributed by atoms with Crippen LogP contribution in [0.15, 0.2) is 0 Å². The molecule has 4 unspecified atom stereocenters. The quantitative estimate of drug-likeness (QED) is 0.620. The molecule has 0 spiro atoms. The lowest BCUT2D eigenvalue weighted by Gasteiger charge is -2.65. The first kappa shape index (κ1) is 18.6. The van der Waals surface area contributed by atoms with E-state index in [-0.39, 0.29) is 15.6 Å². The fourth-order valence-corrected chi connectivity index (χ4v) is 7.41. The molecule has 2 fully saturated rings. The summed E-state index contributed by atoms with van der Waals surface area (Å²) in [4.78, 5) is 0. The van der Waals surface area contributed by atoms with Gasteiger partial charge in [-0.05, 0) is 67.1 Å². The van der Waals surface area contributed by atoms with Gasteiger partial charge in [-0.1, -0.05) is 48.5 Å². The lowest BCUT2D eigenvalue weighted by atomic mass is 9.43. The molecule has 22 heavy (non-hydrogen) atoms. The van der Waals surface area contributed by atoms with Crippen LogP contribution in [-0.4, -0.2) is 15.5 Å². The van der Waals surface area contributed by atoms with Crippen LogP contribution in [-0.2, 0) is 0 Å². The lowest BCUT2D eigenvalue weighted by Crippen LogP contribution is -2.62. The van der Waals surface area contributed by atoms with Crippen molar-refractivity contribution >= 4 is 12.6 Å². The number of thiol groups is 1. The van der Waals surface area contributed by atoms with Gasteiger partial charge in [0.15, 0.2) is 0 Å². The van der Waals surface area contributed by atoms with Crippen LogP contribution in [0.4, 0.5) is 0 Å². The first-order valence-corrected chi connectivity index (χ1v) is 9.35. The average Bonchev–Trinajstić information content (AvgIpc) is 2.63. The maximum Gasteiger partial charge on any atom is 0.0605 e. The smallest absolute Gasteiger partial charge is 0.0605 e. The van der Waals surface area contributed by atoms with E-state index in [0.717, 1.165) is 12.3 Å². The van der Waals surface area contributed by atoms with Crippen LogP contribution in [0.3, 0.4) is 0 Å². The third kappa shape index (κ3) is 2.88. The van der Waals surface area contributed by atoms with Crippen LogP contribution in [0.2, 0.25) is 0 Å². The second kappa shape index (κ2) is 4.69. The van der Waals surface area contributed by atoms with Gasteiger partial charge in [-0.2, -0.15) is 12.6 Å². The van der Waals surface area contributed by atoms with Crippen molar-refractivity contribution in [2.24, 2.45) is 27.6 Å². The van der Waals surface area contributed by atoms with E-state index in [9.17, 15) is 5.11 Å². The number of hydrogen-bond acceptors (Lipinski definition) is 2. The molecule has 1 nitrogen and oxygen atoms in total. The van der Waals surface area contributed by atoms with Crippen molar-refractivity contribution in [2.75, 3.05) is 0 Å². The fraction of sp³-hybridized carbons (Fsp3) is 1.00. The maximum atomic E-state index is 10.4. The van der Waals surface area contributed by atoms with E-state index in [1.807, 2.05) is 13.8 Å². The summed E-state index contributed by atoms with van der Waals surface area (Å²) in [5.74, 6) is 0.780. The van der Waals surface area contributed by atoms with Crippen molar-refractivity contribution in [3.05, 3.63) is 0 Å². The Bertz CT molecular complexity index is 421. The third-order valence-electron chi connectivity index (χ3n) is 6.55. The van der Waals surface area contributed by atoms with Crippen molar-refractivity contribution in [3.63, 3.8) is 0 Å². The van der Waals surface area contributed by atoms with Crippen LogP contribution < -0.4 is 0 Å². The molecule has 0 aromatic rings. The monoisotopic (exact) mass is 326 g/mol. The first-order chi connectivity index (χ1) is 9.46. The summed E-state index contributed by atoms with van der Waals surface area (Å²) in [5.41, 5.74) is 0.662. The fourth-order valence-electron chi connectivity index (χ4n) is 6.49. The van der Waals surface area contributed by atoms with Gasteiger partial charge in [-0.3, -0.25) is 0 Å². The van der Waals surface area contributed by atoms with Crippen molar-refractivity contribution in [1.82, 2.24) is 0 Å². The molecule has 1 N–H and O–H groups in total. The second-order valence-corrected chi connectivity index (χ2v) is 12.4. The molecule has 0 bridgehead atoms. The van der Waals surface area contributed by atoms with E-state index in [1.165, 1.54) is 19.3 Å². The minimum absolute atomic E-state index is 0.138. The molecule has 2 aliphatic rings. The SMILES string of the molecule is CC(C)(C)CC(C)(C)C1(C(C)(S)CC(C)(C)O)CC2(C)CC21. The van der Waals surface area contributed by atoms with Crippen LogP contribution in [0.25, 0.3) is 0 Å². The number of fused-ring (bicyclic) bond motifs is 1. The van der Waals surface area contributed by atoms with E-state index >= 15 is 0 Å². The van der Waals surface area contributed by atoms with Gasteiger partial charge in [0.05, 0.1) is 5.60 Å². The summed E-state index contributed by atoms with van der Waals surface area (Å²) in [6.07, 6.45) is 4.57. The molecule has 0 amide bonds. The van der Waals surface area contributed by atoms with Crippen molar-refractivity contribution in [2.45, 2.75) is 98.3 Å². The Morgan fingerprint density at radius 1 is 1.00 bits per heavy atom. The first-order valence-electron chi connectivity index (χ1n) is 8.91. The van der Waals surface area contributed by atoms with Gasteiger partial charge < -0.3 is 5.11 Å². The molecule has 0 heterocycles. The lowest BCUT2D eigenvalue weighted by molar-refractivity contribution is -0.122. The number of rotatable bonds is 5. The van der Waals surface area contributed by atoms with Gasteiger partial charge in [0, 0.05) is 4.75 Å². The minimum atomic E-state index is -0.664. The second-order valence-electron chi connectivity index (χ2n) is 11.4. The maximum absolute atomic E-state index is 10.4. The van der Waals surface area contributed by atoms with Crippen LogP contribution in [0, 0.1) is 27.6 Å². The Labute approximate surface area is 144 Å². The molecule has 0 aliphatic heterocycles. The zero-order valence-electron chi connectivity index (χ0n) is 16.3. The molecule has 0 saturated heterocycles. The highest BCUT2D eigenvalue weighted by atomic mass is 32.1. The van der Waals surface area contributed by atoms with E-state index in [1.54, 1.807) is 0 Å². The molecular formula is C20H38OS. The Kier molecular flexibility index (Phi) is 3.97. The van der Waals surface area contributed by atoms with Gasteiger partial charge in [0.1, 0.15) is 0 Å². The summed E-state index contributed by atoms with van der Waals surface area (Å²) in [6, 6.07) is 0. The topological polar surface area (TPSA) is 20.2 Å². The van der Waals surface area contributed by atoms with E-state index in [4.69, 9.17) is 12.6 Å². The molecule has 2 heteroatoms. The molecular weight excluding hydrogens is 288 g/mol. The van der Waals surface area contributed by atoms with E-state index in [2.05, 4.69) is 48.5 Å². The van der Waals surface area contributed by atoms with Gasteiger partial charge in [0.25, 0.3) is 0 Å². The summed E-state index contributed by atoms with van der Waals surface area (Å²) in [6.45, 7) is 20.5. The molecule has 130 valence electrons. The van der Waals surface area contributed by atoms with Gasteiger partial charge in [-0.25, -0.2) is 0 Å². The Balaban J connectivity index is 2.39. The number of hydrogen-bond donors (Lipinski definition) is 2. The van der Waals surface area contributed by atoms with Crippen LogP contribution in [0.1, 0.15) is 88.0 Å². The van der Waals surface area contributed by atoms with E-state index < -0.39 is 5.60 Å². The van der Waals surface area contributed by atoms with Crippen molar-refractivity contribution < 1.29 is 5.11 Å². The zero-order chi connectivity index (χ0) is 17.4. The van der Waals surface area contributed by atoms with Crippen molar-refractivity contribution in [1.29, 1.82) is 0 Å². The van der Waals surface area contributed by atoms with E-state index in [0.29, 0.717) is 10.8 Å². The highest BCUT2D eigenvalue weighted by Gasteiger charge is 2.79. The summed E-state index contributed by atoms with van der Waals surface area (Å²) in [5, 5.41) is 10.4. The summed E-state index contributed by atoms with van der Waals surface area (Å²) in [7, 11) is 0. The molecule has 0 radical (unpaired) electrons. The Morgan fingerprint density at radius 2 is 1.50 bits per heavy atom. The normalized spacial score (nSPS) is 38.0. The van der Waals surface area contributed by atoms with Gasteiger partial charge in [-0.15, -0.1) is 0 Å².